The zero-order chi connectivity index (χ0) is 14.8. The molecule has 0 aliphatic rings. The average Bonchev–Trinajstić information content (AvgIpc) is 2.49. The van der Waals surface area contributed by atoms with Crippen LogP contribution in [0.15, 0.2) is 60.7 Å². The van der Waals surface area contributed by atoms with E-state index in [9.17, 15) is 15.0 Å². The monoisotopic (exact) mass is 279 g/mol. The zero-order valence-electron chi connectivity index (χ0n) is 11.1. The van der Waals surface area contributed by atoms with Crippen molar-refractivity contribution in [2.24, 2.45) is 0 Å². The number of rotatable bonds is 2. The number of nitrogens with one attached hydrogen (secondary N) is 1. The number of hydrogen-bond acceptors (Lipinski definition) is 3. The lowest BCUT2D eigenvalue weighted by molar-refractivity contribution is 0.102. The highest BCUT2D eigenvalue weighted by Gasteiger charge is 2.12. The largest absolute Gasteiger partial charge is 0.508 e. The van der Waals surface area contributed by atoms with E-state index >= 15 is 0 Å². The summed E-state index contributed by atoms with van der Waals surface area (Å²) in [7, 11) is 0. The van der Waals surface area contributed by atoms with Crippen LogP contribution in [0.5, 0.6) is 11.5 Å². The van der Waals surface area contributed by atoms with Gasteiger partial charge in [0.05, 0.1) is 5.56 Å². The van der Waals surface area contributed by atoms with Crippen LogP contribution in [0.25, 0.3) is 10.8 Å². The highest BCUT2D eigenvalue weighted by Crippen LogP contribution is 2.24. The molecule has 4 heteroatoms. The minimum Gasteiger partial charge on any atom is -0.508 e. The number of aromatic hydroxyl groups is 2. The summed E-state index contributed by atoms with van der Waals surface area (Å²) in [6.45, 7) is 0. The number of amides is 1. The molecule has 0 saturated carbocycles. The molecule has 3 aromatic carbocycles. The lowest BCUT2D eigenvalue weighted by atomic mass is 10.1. The first-order valence-corrected chi connectivity index (χ1v) is 6.45. The first-order valence-electron chi connectivity index (χ1n) is 6.45. The molecule has 0 aliphatic heterocycles. The molecule has 104 valence electrons. The zero-order valence-corrected chi connectivity index (χ0v) is 11.1. The molecule has 0 aliphatic carbocycles. The summed E-state index contributed by atoms with van der Waals surface area (Å²) < 4.78 is 0. The normalized spacial score (nSPS) is 10.5. The molecular weight excluding hydrogens is 266 g/mol. The lowest BCUT2D eigenvalue weighted by Crippen LogP contribution is -2.11. The van der Waals surface area contributed by atoms with Crippen LogP contribution in [0.4, 0.5) is 5.69 Å². The first kappa shape index (κ1) is 13.0. The Kier molecular flexibility index (Phi) is 3.20. The molecule has 4 nitrogen and oxygen atoms in total. The van der Waals surface area contributed by atoms with Crippen molar-refractivity contribution >= 4 is 22.4 Å². The molecule has 0 radical (unpaired) electrons. The Hall–Kier alpha value is -3.01. The van der Waals surface area contributed by atoms with Gasteiger partial charge in [0.1, 0.15) is 11.5 Å². The highest BCUT2D eigenvalue weighted by molar-refractivity contribution is 6.07. The van der Waals surface area contributed by atoms with Crippen molar-refractivity contribution in [3.63, 3.8) is 0 Å². The first-order chi connectivity index (χ1) is 10.1. The van der Waals surface area contributed by atoms with E-state index in [1.165, 1.54) is 18.2 Å². The second-order valence-corrected chi connectivity index (χ2v) is 4.72. The Morgan fingerprint density at radius 2 is 1.62 bits per heavy atom. The molecule has 0 aromatic heterocycles. The van der Waals surface area contributed by atoms with Gasteiger partial charge in [-0.05, 0) is 41.1 Å². The molecule has 1 amide bonds. The third kappa shape index (κ3) is 2.65. The van der Waals surface area contributed by atoms with Crippen LogP contribution in [0, 0.1) is 0 Å². The van der Waals surface area contributed by atoms with Gasteiger partial charge >= 0.3 is 0 Å². The van der Waals surface area contributed by atoms with E-state index in [4.69, 9.17) is 0 Å². The lowest BCUT2D eigenvalue weighted by Gasteiger charge is -2.08. The van der Waals surface area contributed by atoms with Gasteiger partial charge in [-0.1, -0.05) is 30.3 Å². The maximum absolute atomic E-state index is 12.1. The molecule has 0 bridgehead atoms. The summed E-state index contributed by atoms with van der Waals surface area (Å²) in [5, 5.41) is 23.9. The van der Waals surface area contributed by atoms with Crippen molar-refractivity contribution in [1.29, 1.82) is 0 Å². The van der Waals surface area contributed by atoms with Crippen LogP contribution in [0.1, 0.15) is 10.4 Å². The smallest absolute Gasteiger partial charge is 0.259 e. The van der Waals surface area contributed by atoms with Crippen LogP contribution in [-0.4, -0.2) is 16.1 Å². The minimum atomic E-state index is -0.473. The molecule has 0 atom stereocenters. The molecular formula is C17H13NO3. The fourth-order valence-electron chi connectivity index (χ4n) is 2.17. The third-order valence-electron chi connectivity index (χ3n) is 3.23. The van der Waals surface area contributed by atoms with Crippen molar-refractivity contribution in [3.8, 4) is 11.5 Å². The predicted octanol–water partition coefficient (Wildman–Crippen LogP) is 3.50. The van der Waals surface area contributed by atoms with Crippen molar-refractivity contribution in [1.82, 2.24) is 0 Å². The van der Waals surface area contributed by atoms with Crippen molar-refractivity contribution < 1.29 is 15.0 Å². The highest BCUT2D eigenvalue weighted by atomic mass is 16.3. The maximum atomic E-state index is 12.1. The van der Waals surface area contributed by atoms with Crippen LogP contribution >= 0.6 is 0 Å². The second-order valence-electron chi connectivity index (χ2n) is 4.72. The molecule has 3 N–H and O–H groups in total. The quantitative estimate of drug-likeness (QED) is 0.629. The molecule has 0 heterocycles. The van der Waals surface area contributed by atoms with Crippen LogP contribution < -0.4 is 5.32 Å². The van der Waals surface area contributed by atoms with Gasteiger partial charge in [0.15, 0.2) is 0 Å². The van der Waals surface area contributed by atoms with Gasteiger partial charge in [-0.15, -0.1) is 0 Å². The van der Waals surface area contributed by atoms with E-state index in [1.807, 2.05) is 36.4 Å². The van der Waals surface area contributed by atoms with Gasteiger partial charge in [0, 0.05) is 5.69 Å². The van der Waals surface area contributed by atoms with E-state index in [0.717, 1.165) is 10.8 Å². The summed E-state index contributed by atoms with van der Waals surface area (Å²) in [5.41, 5.74) is 0.657. The number of benzene rings is 3. The average molecular weight is 279 g/mol. The second kappa shape index (κ2) is 5.17. The molecule has 0 unspecified atom stereocenters. The number of anilines is 1. The Bertz CT molecular complexity index is 827. The number of hydrogen-bond donors (Lipinski definition) is 3. The van der Waals surface area contributed by atoms with Crippen LogP contribution in [-0.2, 0) is 0 Å². The third-order valence-corrected chi connectivity index (χ3v) is 3.23. The number of carbonyl (C=O) groups is 1. The van der Waals surface area contributed by atoms with Gasteiger partial charge in [0.25, 0.3) is 5.91 Å². The minimum absolute atomic E-state index is 0.0307. The molecule has 0 fully saturated rings. The molecule has 0 spiro atoms. The fourth-order valence-corrected chi connectivity index (χ4v) is 2.17. The number of carbonyl (C=O) groups excluding carboxylic acids is 1. The standard InChI is InChI=1S/C17H13NO3/c19-14-7-8-16(20)15(10-14)17(21)18-13-6-5-11-3-1-2-4-12(11)9-13/h1-10,19-20H,(H,18,21). The molecule has 21 heavy (non-hydrogen) atoms. The van der Waals surface area contributed by atoms with Gasteiger partial charge < -0.3 is 15.5 Å². The summed E-state index contributed by atoms with van der Waals surface area (Å²) in [4.78, 5) is 12.1. The fraction of sp³-hybridized carbons (Fsp3) is 0. The Morgan fingerprint density at radius 3 is 2.43 bits per heavy atom. The summed E-state index contributed by atoms with van der Waals surface area (Å²) in [6.07, 6.45) is 0. The van der Waals surface area contributed by atoms with Crippen LogP contribution in [0.3, 0.4) is 0 Å². The number of fused-ring (bicyclic) bond motifs is 1. The molecule has 0 saturated heterocycles. The summed E-state index contributed by atoms with van der Waals surface area (Å²) in [6, 6.07) is 17.2. The van der Waals surface area contributed by atoms with E-state index in [0.29, 0.717) is 5.69 Å². The van der Waals surface area contributed by atoms with Gasteiger partial charge in [-0.3, -0.25) is 4.79 Å². The van der Waals surface area contributed by atoms with E-state index in [1.54, 1.807) is 6.07 Å². The Morgan fingerprint density at radius 1 is 0.857 bits per heavy atom. The predicted molar refractivity (Wildman–Crippen MR) is 81.7 cm³/mol. The Balaban J connectivity index is 1.90. The maximum Gasteiger partial charge on any atom is 0.259 e. The SMILES string of the molecule is O=C(Nc1ccc2ccccc2c1)c1cc(O)ccc1O. The number of phenols is 2. The van der Waals surface area contributed by atoms with Gasteiger partial charge in [-0.25, -0.2) is 0 Å². The van der Waals surface area contributed by atoms with Gasteiger partial charge in [-0.2, -0.15) is 0 Å². The Labute approximate surface area is 121 Å². The molecule has 3 aromatic rings. The van der Waals surface area contributed by atoms with E-state index < -0.39 is 5.91 Å². The van der Waals surface area contributed by atoms with Crippen molar-refractivity contribution in [2.45, 2.75) is 0 Å². The summed E-state index contributed by atoms with van der Waals surface area (Å²) in [5.74, 6) is -0.721. The topological polar surface area (TPSA) is 69.6 Å². The summed E-state index contributed by atoms with van der Waals surface area (Å²) >= 11 is 0. The van der Waals surface area contributed by atoms with E-state index in [-0.39, 0.29) is 17.1 Å². The van der Waals surface area contributed by atoms with E-state index in [2.05, 4.69) is 5.32 Å². The number of phenolic OH excluding ortho intramolecular Hbond substituents is 2. The van der Waals surface area contributed by atoms with Gasteiger partial charge in [0.2, 0.25) is 0 Å². The molecule has 3 rings (SSSR count). The van der Waals surface area contributed by atoms with Crippen molar-refractivity contribution in [2.75, 3.05) is 5.32 Å². The van der Waals surface area contributed by atoms with Crippen LogP contribution in [0.2, 0.25) is 0 Å². The van der Waals surface area contributed by atoms with Crippen molar-refractivity contribution in [3.05, 3.63) is 66.2 Å².